The second-order valence-corrected chi connectivity index (χ2v) is 11.5. The molecule has 0 unspecified atom stereocenters. The van der Waals surface area contributed by atoms with Gasteiger partial charge in [-0.05, 0) is 86.6 Å². The number of hydrogen-bond donors (Lipinski definition) is 1. The van der Waals surface area contributed by atoms with Gasteiger partial charge < -0.3 is 5.11 Å². The van der Waals surface area contributed by atoms with Gasteiger partial charge in [0.05, 0.1) is 16.8 Å². The van der Waals surface area contributed by atoms with Crippen molar-refractivity contribution in [3.63, 3.8) is 0 Å². The van der Waals surface area contributed by atoms with Gasteiger partial charge in [-0.15, -0.1) is 11.3 Å². The molecular formula is C33H29F6NO2S. The van der Waals surface area contributed by atoms with Crippen LogP contribution >= 0.6 is 11.3 Å². The average molecular weight is 618 g/mol. The molecule has 4 aromatic rings. The highest BCUT2D eigenvalue weighted by atomic mass is 32.1. The van der Waals surface area contributed by atoms with Crippen molar-refractivity contribution >= 4 is 22.9 Å². The summed E-state index contributed by atoms with van der Waals surface area (Å²) in [6.45, 7) is 5.91. The molecule has 3 nitrogen and oxygen atoms in total. The lowest BCUT2D eigenvalue weighted by atomic mass is 9.92. The zero-order chi connectivity index (χ0) is 31.5. The fourth-order valence-corrected chi connectivity index (χ4v) is 5.90. The van der Waals surface area contributed by atoms with Crippen LogP contribution in [0.25, 0.3) is 27.4 Å². The van der Waals surface area contributed by atoms with Gasteiger partial charge in [-0.1, -0.05) is 48.0 Å². The first-order valence-corrected chi connectivity index (χ1v) is 14.3. The summed E-state index contributed by atoms with van der Waals surface area (Å²) in [5.41, 5.74) is 4.93. The highest BCUT2D eigenvalue weighted by Gasteiger charge is 2.31. The summed E-state index contributed by atoms with van der Waals surface area (Å²) in [4.78, 5) is 16.5. The highest BCUT2D eigenvalue weighted by molar-refractivity contribution is 7.15. The summed E-state index contributed by atoms with van der Waals surface area (Å²) in [6.07, 6.45) is -7.43. The van der Waals surface area contributed by atoms with Crippen molar-refractivity contribution in [1.82, 2.24) is 4.98 Å². The standard InChI is InChI=1S/C33H29F6NO2S/c1-19(2)27(24-5-4-21(20(3)18-24)10-17-29(41)42)15-16-28-30(22-6-11-25(12-7-22)32(34,35)36)40-31(43-28)23-8-13-26(14-9-23)33(37,38)39/h4-9,11-14,18H,10,15-17H2,1-3H3,(H,41,42). The van der Waals surface area contributed by atoms with Gasteiger partial charge >= 0.3 is 18.3 Å². The van der Waals surface area contributed by atoms with Gasteiger partial charge in [0, 0.05) is 22.4 Å². The molecule has 0 radical (unpaired) electrons. The summed E-state index contributed by atoms with van der Waals surface area (Å²) in [5, 5.41) is 9.49. The Hall–Kier alpha value is -3.92. The molecule has 226 valence electrons. The van der Waals surface area contributed by atoms with Gasteiger partial charge in [-0.3, -0.25) is 4.79 Å². The maximum absolute atomic E-state index is 13.2. The van der Waals surface area contributed by atoms with E-state index in [0.717, 1.165) is 57.0 Å². The first kappa shape index (κ1) is 32.0. The van der Waals surface area contributed by atoms with E-state index in [1.807, 2.05) is 39.0 Å². The highest BCUT2D eigenvalue weighted by Crippen LogP contribution is 2.39. The molecule has 0 atom stereocenters. The molecule has 0 saturated heterocycles. The normalized spacial score (nSPS) is 11.9. The topological polar surface area (TPSA) is 50.2 Å². The van der Waals surface area contributed by atoms with E-state index in [2.05, 4.69) is 4.98 Å². The number of nitrogens with zero attached hydrogens (tertiary/aromatic N) is 1. The molecular weight excluding hydrogens is 588 g/mol. The molecule has 43 heavy (non-hydrogen) atoms. The number of rotatable bonds is 9. The first-order chi connectivity index (χ1) is 20.1. The second-order valence-electron chi connectivity index (χ2n) is 10.5. The third-order valence-electron chi connectivity index (χ3n) is 7.15. The SMILES string of the molecule is CC(C)=C(CCc1sc(-c2ccc(C(F)(F)F)cc2)nc1-c1ccc(C(F)(F)F)cc1)c1ccc(CCC(=O)O)c(C)c1. The number of benzene rings is 3. The molecule has 1 aromatic heterocycles. The minimum atomic E-state index is -4.49. The lowest BCUT2D eigenvalue weighted by Crippen LogP contribution is -2.04. The van der Waals surface area contributed by atoms with E-state index in [4.69, 9.17) is 5.11 Å². The Labute approximate surface area is 249 Å². The predicted molar refractivity (Wildman–Crippen MR) is 157 cm³/mol. The summed E-state index contributed by atoms with van der Waals surface area (Å²) in [7, 11) is 0. The Bertz CT molecular complexity index is 1630. The molecule has 0 fully saturated rings. The Kier molecular flexibility index (Phi) is 9.49. The molecule has 10 heteroatoms. The van der Waals surface area contributed by atoms with Crippen molar-refractivity contribution in [2.45, 2.75) is 58.8 Å². The van der Waals surface area contributed by atoms with Crippen LogP contribution in [0.2, 0.25) is 0 Å². The summed E-state index contributed by atoms with van der Waals surface area (Å²) < 4.78 is 78.9. The van der Waals surface area contributed by atoms with Gasteiger partial charge in [0.25, 0.3) is 0 Å². The van der Waals surface area contributed by atoms with Crippen LogP contribution in [-0.4, -0.2) is 16.1 Å². The molecule has 0 bridgehead atoms. The van der Waals surface area contributed by atoms with Crippen LogP contribution in [0.5, 0.6) is 0 Å². The van der Waals surface area contributed by atoms with Crippen molar-refractivity contribution in [3.8, 4) is 21.8 Å². The number of hydrogen-bond acceptors (Lipinski definition) is 3. The molecule has 1 heterocycles. The molecule has 1 N–H and O–H groups in total. The zero-order valence-electron chi connectivity index (χ0n) is 23.7. The van der Waals surface area contributed by atoms with Crippen LogP contribution < -0.4 is 0 Å². The van der Waals surface area contributed by atoms with Crippen LogP contribution in [0, 0.1) is 6.92 Å². The number of aryl methyl sites for hydroxylation is 3. The van der Waals surface area contributed by atoms with E-state index in [1.54, 1.807) is 0 Å². The lowest BCUT2D eigenvalue weighted by molar-refractivity contribution is -0.138. The predicted octanol–water partition coefficient (Wildman–Crippen LogP) is 10.3. The van der Waals surface area contributed by atoms with Gasteiger partial charge in [-0.25, -0.2) is 4.98 Å². The summed E-state index contributed by atoms with van der Waals surface area (Å²) >= 11 is 1.30. The number of allylic oxidation sites excluding steroid dienone is 2. The molecule has 4 rings (SSSR count). The quantitative estimate of drug-likeness (QED) is 0.190. The van der Waals surface area contributed by atoms with Crippen molar-refractivity contribution in [2.24, 2.45) is 0 Å². The van der Waals surface area contributed by atoms with E-state index >= 15 is 0 Å². The maximum Gasteiger partial charge on any atom is 0.416 e. The third kappa shape index (κ3) is 7.93. The second kappa shape index (κ2) is 12.8. The fraction of sp³-hybridized carbons (Fsp3) is 0.273. The third-order valence-corrected chi connectivity index (χ3v) is 8.31. The largest absolute Gasteiger partial charge is 0.481 e. The number of halogens is 6. The van der Waals surface area contributed by atoms with Gasteiger partial charge in [0.15, 0.2) is 0 Å². The number of aliphatic carboxylic acids is 1. The van der Waals surface area contributed by atoms with Crippen molar-refractivity contribution in [2.75, 3.05) is 0 Å². The average Bonchev–Trinajstić information content (AvgIpc) is 3.36. The van der Waals surface area contributed by atoms with Gasteiger partial charge in [0.2, 0.25) is 0 Å². The van der Waals surface area contributed by atoms with Crippen LogP contribution in [0.4, 0.5) is 26.3 Å². The number of alkyl halides is 6. The van der Waals surface area contributed by atoms with Crippen LogP contribution in [-0.2, 0) is 30.0 Å². The van der Waals surface area contributed by atoms with Crippen molar-refractivity contribution < 1.29 is 36.2 Å². The van der Waals surface area contributed by atoms with E-state index in [0.29, 0.717) is 41.1 Å². The minimum Gasteiger partial charge on any atom is -0.481 e. The Morgan fingerprint density at radius 2 is 1.35 bits per heavy atom. The lowest BCUT2D eigenvalue weighted by Gasteiger charge is -2.14. The van der Waals surface area contributed by atoms with Crippen LogP contribution in [0.15, 0.2) is 72.3 Å². The minimum absolute atomic E-state index is 0.0368. The summed E-state index contributed by atoms with van der Waals surface area (Å²) in [5.74, 6) is -0.863. The fourth-order valence-electron chi connectivity index (χ4n) is 4.82. The summed E-state index contributed by atoms with van der Waals surface area (Å²) in [6, 6.07) is 15.3. The smallest absolute Gasteiger partial charge is 0.416 e. The number of carbonyl (C=O) groups is 1. The van der Waals surface area contributed by atoms with Crippen molar-refractivity contribution in [3.05, 3.63) is 105 Å². The number of aromatic nitrogens is 1. The molecule has 0 spiro atoms. The van der Waals surface area contributed by atoms with Crippen LogP contribution in [0.3, 0.4) is 0 Å². The monoisotopic (exact) mass is 617 g/mol. The number of carboxylic acid groups (broad SMARTS) is 1. The molecule has 0 saturated carbocycles. The van der Waals surface area contributed by atoms with Crippen molar-refractivity contribution in [1.29, 1.82) is 0 Å². The van der Waals surface area contributed by atoms with Gasteiger partial charge in [0.1, 0.15) is 5.01 Å². The van der Waals surface area contributed by atoms with E-state index in [-0.39, 0.29) is 6.42 Å². The van der Waals surface area contributed by atoms with E-state index in [1.165, 1.54) is 35.6 Å². The first-order valence-electron chi connectivity index (χ1n) is 13.5. The Morgan fingerprint density at radius 1 is 0.791 bits per heavy atom. The van der Waals surface area contributed by atoms with Gasteiger partial charge in [-0.2, -0.15) is 26.3 Å². The number of thiazole rings is 1. The van der Waals surface area contributed by atoms with E-state index < -0.39 is 29.4 Å². The van der Waals surface area contributed by atoms with E-state index in [9.17, 15) is 31.1 Å². The molecule has 0 aliphatic carbocycles. The maximum atomic E-state index is 13.2. The Morgan fingerprint density at radius 3 is 1.84 bits per heavy atom. The zero-order valence-corrected chi connectivity index (χ0v) is 24.5. The molecule has 0 aliphatic heterocycles. The Balaban J connectivity index is 1.68. The molecule has 3 aromatic carbocycles. The molecule has 0 amide bonds. The number of carboxylic acids is 1. The molecule has 0 aliphatic rings. The van der Waals surface area contributed by atoms with Crippen LogP contribution in [0.1, 0.15) is 59.4 Å².